The van der Waals surface area contributed by atoms with Crippen LogP contribution in [0.1, 0.15) is 52.4 Å². The molecule has 0 saturated carbocycles. The number of likely N-dealkylation sites (N-methyl/N-ethyl adjacent to an activating group) is 1. The minimum absolute atomic E-state index is 0.923. The lowest BCUT2D eigenvalue weighted by Gasteiger charge is -2.32. The molecule has 17 heavy (non-hydrogen) atoms. The minimum Gasteiger partial charge on any atom is -0.304 e. The molecule has 2 heteroatoms. The lowest BCUT2D eigenvalue weighted by atomic mass is 9.99. The average molecular weight is 240 g/mol. The molecule has 1 aliphatic rings. The van der Waals surface area contributed by atoms with Crippen LogP contribution >= 0.6 is 0 Å². The molecule has 0 aromatic carbocycles. The van der Waals surface area contributed by atoms with Crippen molar-refractivity contribution >= 4 is 0 Å². The summed E-state index contributed by atoms with van der Waals surface area (Å²) in [5.74, 6) is 0.923. The van der Waals surface area contributed by atoms with E-state index in [-0.39, 0.29) is 0 Å². The number of hydrogen-bond acceptors (Lipinski definition) is 2. The Hall–Kier alpha value is -0.0800. The molecule has 1 fully saturated rings. The molecule has 1 heterocycles. The van der Waals surface area contributed by atoms with Crippen LogP contribution in [0.4, 0.5) is 0 Å². The minimum atomic E-state index is 0.923. The SMILES string of the molecule is CCCCCCC(C)CCN1CCN(C)CC1. The topological polar surface area (TPSA) is 6.48 Å². The van der Waals surface area contributed by atoms with Crippen molar-refractivity contribution in [3.05, 3.63) is 0 Å². The van der Waals surface area contributed by atoms with E-state index in [1.807, 2.05) is 0 Å². The second-order valence-electron chi connectivity index (χ2n) is 5.89. The summed E-state index contributed by atoms with van der Waals surface area (Å²) in [6.45, 7) is 11.1. The van der Waals surface area contributed by atoms with Crippen LogP contribution in [-0.2, 0) is 0 Å². The Labute approximate surface area is 108 Å². The van der Waals surface area contributed by atoms with E-state index in [0.717, 1.165) is 5.92 Å². The van der Waals surface area contributed by atoms with Crippen LogP contribution in [0.25, 0.3) is 0 Å². The van der Waals surface area contributed by atoms with E-state index in [9.17, 15) is 0 Å². The fourth-order valence-electron chi connectivity index (χ4n) is 2.54. The smallest absolute Gasteiger partial charge is 0.0110 e. The van der Waals surface area contributed by atoms with Crippen LogP contribution < -0.4 is 0 Å². The van der Waals surface area contributed by atoms with Gasteiger partial charge in [-0.1, -0.05) is 46.0 Å². The van der Waals surface area contributed by atoms with Crippen LogP contribution in [-0.4, -0.2) is 49.6 Å². The van der Waals surface area contributed by atoms with Gasteiger partial charge in [0.2, 0.25) is 0 Å². The molecular weight excluding hydrogens is 208 g/mol. The number of rotatable bonds is 8. The molecule has 0 aromatic rings. The molecule has 0 spiro atoms. The van der Waals surface area contributed by atoms with Gasteiger partial charge in [0.25, 0.3) is 0 Å². The van der Waals surface area contributed by atoms with Gasteiger partial charge in [-0.3, -0.25) is 0 Å². The first-order valence-corrected chi connectivity index (χ1v) is 7.63. The molecule has 0 amide bonds. The van der Waals surface area contributed by atoms with Gasteiger partial charge in [-0.05, 0) is 25.9 Å². The van der Waals surface area contributed by atoms with Crippen LogP contribution in [0.2, 0.25) is 0 Å². The van der Waals surface area contributed by atoms with E-state index in [1.54, 1.807) is 0 Å². The van der Waals surface area contributed by atoms with Crippen molar-refractivity contribution in [2.45, 2.75) is 52.4 Å². The van der Waals surface area contributed by atoms with Crippen molar-refractivity contribution in [3.8, 4) is 0 Å². The van der Waals surface area contributed by atoms with Crippen molar-refractivity contribution in [3.63, 3.8) is 0 Å². The zero-order valence-electron chi connectivity index (χ0n) is 12.2. The second kappa shape index (κ2) is 8.93. The summed E-state index contributed by atoms with van der Waals surface area (Å²) in [7, 11) is 2.23. The van der Waals surface area contributed by atoms with Crippen molar-refractivity contribution < 1.29 is 0 Å². The maximum atomic E-state index is 2.64. The van der Waals surface area contributed by atoms with Gasteiger partial charge in [-0.2, -0.15) is 0 Å². The Kier molecular flexibility index (Phi) is 7.87. The van der Waals surface area contributed by atoms with E-state index in [1.165, 1.54) is 71.2 Å². The first-order chi connectivity index (χ1) is 8.22. The van der Waals surface area contributed by atoms with Gasteiger partial charge >= 0.3 is 0 Å². The zero-order chi connectivity index (χ0) is 12.5. The highest BCUT2D eigenvalue weighted by Gasteiger charge is 2.14. The molecule has 102 valence electrons. The lowest BCUT2D eigenvalue weighted by Crippen LogP contribution is -2.44. The maximum absolute atomic E-state index is 2.64. The van der Waals surface area contributed by atoms with Gasteiger partial charge in [0.05, 0.1) is 0 Å². The van der Waals surface area contributed by atoms with Crippen LogP contribution in [0.15, 0.2) is 0 Å². The molecular formula is C15H32N2. The largest absolute Gasteiger partial charge is 0.304 e. The summed E-state index contributed by atoms with van der Waals surface area (Å²) in [6.07, 6.45) is 8.50. The molecule has 0 N–H and O–H groups in total. The average Bonchev–Trinajstić information content (AvgIpc) is 2.34. The summed E-state index contributed by atoms with van der Waals surface area (Å²) in [5.41, 5.74) is 0. The van der Waals surface area contributed by atoms with Gasteiger partial charge < -0.3 is 9.80 Å². The Bertz CT molecular complexity index is 174. The fraction of sp³-hybridized carbons (Fsp3) is 1.00. The number of piperazine rings is 1. The summed E-state index contributed by atoms with van der Waals surface area (Å²) < 4.78 is 0. The first-order valence-electron chi connectivity index (χ1n) is 7.63. The van der Waals surface area contributed by atoms with Crippen LogP contribution in [0.3, 0.4) is 0 Å². The van der Waals surface area contributed by atoms with Crippen molar-refractivity contribution in [1.82, 2.24) is 9.80 Å². The van der Waals surface area contributed by atoms with Gasteiger partial charge in [0, 0.05) is 26.2 Å². The number of unbranched alkanes of at least 4 members (excludes halogenated alkanes) is 3. The first kappa shape index (κ1) is 15.0. The molecule has 1 atom stereocenters. The molecule has 1 unspecified atom stereocenters. The monoisotopic (exact) mass is 240 g/mol. The zero-order valence-corrected chi connectivity index (χ0v) is 12.2. The second-order valence-corrected chi connectivity index (χ2v) is 5.89. The Morgan fingerprint density at radius 2 is 1.65 bits per heavy atom. The highest BCUT2D eigenvalue weighted by Crippen LogP contribution is 2.14. The summed E-state index contributed by atoms with van der Waals surface area (Å²) >= 11 is 0. The van der Waals surface area contributed by atoms with Gasteiger partial charge in [-0.15, -0.1) is 0 Å². The van der Waals surface area contributed by atoms with Gasteiger partial charge in [0.1, 0.15) is 0 Å². The van der Waals surface area contributed by atoms with Gasteiger partial charge in [-0.25, -0.2) is 0 Å². The molecule has 1 saturated heterocycles. The predicted molar refractivity (Wildman–Crippen MR) is 76.5 cm³/mol. The number of nitrogens with zero attached hydrogens (tertiary/aromatic N) is 2. The van der Waals surface area contributed by atoms with Crippen LogP contribution in [0, 0.1) is 5.92 Å². The highest BCUT2D eigenvalue weighted by atomic mass is 15.2. The Morgan fingerprint density at radius 3 is 2.29 bits per heavy atom. The summed E-state index contributed by atoms with van der Waals surface area (Å²) in [6, 6.07) is 0. The van der Waals surface area contributed by atoms with Crippen molar-refractivity contribution in [1.29, 1.82) is 0 Å². The Balaban J connectivity index is 1.97. The highest BCUT2D eigenvalue weighted by molar-refractivity contribution is 4.70. The maximum Gasteiger partial charge on any atom is 0.0110 e. The normalized spacial score (nSPS) is 20.6. The fourth-order valence-corrected chi connectivity index (χ4v) is 2.54. The number of hydrogen-bond donors (Lipinski definition) is 0. The third-order valence-electron chi connectivity index (χ3n) is 4.08. The molecule has 0 aromatic heterocycles. The van der Waals surface area contributed by atoms with E-state index >= 15 is 0 Å². The molecule has 0 bridgehead atoms. The van der Waals surface area contributed by atoms with Gasteiger partial charge in [0.15, 0.2) is 0 Å². The standard InChI is InChI=1S/C15H32N2/c1-4-5-6-7-8-15(2)9-10-17-13-11-16(3)12-14-17/h15H,4-14H2,1-3H3. The summed E-state index contributed by atoms with van der Waals surface area (Å²) in [4.78, 5) is 5.08. The van der Waals surface area contributed by atoms with E-state index < -0.39 is 0 Å². The Morgan fingerprint density at radius 1 is 0.941 bits per heavy atom. The van der Waals surface area contributed by atoms with Crippen LogP contribution in [0.5, 0.6) is 0 Å². The third kappa shape index (κ3) is 7.05. The van der Waals surface area contributed by atoms with Crippen molar-refractivity contribution in [2.75, 3.05) is 39.8 Å². The van der Waals surface area contributed by atoms with E-state index in [0.29, 0.717) is 0 Å². The molecule has 0 aliphatic carbocycles. The molecule has 2 nitrogen and oxygen atoms in total. The molecule has 1 rings (SSSR count). The summed E-state index contributed by atoms with van der Waals surface area (Å²) in [5, 5.41) is 0. The quantitative estimate of drug-likeness (QED) is 0.601. The van der Waals surface area contributed by atoms with Crippen molar-refractivity contribution in [2.24, 2.45) is 5.92 Å². The lowest BCUT2D eigenvalue weighted by molar-refractivity contribution is 0.147. The molecule has 1 aliphatic heterocycles. The van der Waals surface area contributed by atoms with E-state index in [4.69, 9.17) is 0 Å². The molecule has 0 radical (unpaired) electrons. The predicted octanol–water partition coefficient (Wildman–Crippen LogP) is 3.23. The third-order valence-corrected chi connectivity index (χ3v) is 4.08. The van der Waals surface area contributed by atoms with E-state index in [2.05, 4.69) is 30.7 Å².